The highest BCUT2D eigenvalue weighted by Gasteiger charge is 2.25. The molecule has 1 aliphatic heterocycles. The molecule has 0 spiro atoms. The summed E-state index contributed by atoms with van der Waals surface area (Å²) < 4.78 is 15.9. The predicted octanol–water partition coefficient (Wildman–Crippen LogP) is 3.49. The summed E-state index contributed by atoms with van der Waals surface area (Å²) in [5, 5.41) is 0.368. The lowest BCUT2D eigenvalue weighted by molar-refractivity contribution is 0.0726. The van der Waals surface area contributed by atoms with Gasteiger partial charge in [0.2, 0.25) is 6.79 Å². The van der Waals surface area contributed by atoms with Crippen LogP contribution >= 0.6 is 11.6 Å². The van der Waals surface area contributed by atoms with Gasteiger partial charge in [-0.1, -0.05) is 11.6 Å². The van der Waals surface area contributed by atoms with Crippen LogP contribution in [-0.4, -0.2) is 24.6 Å². The van der Waals surface area contributed by atoms with Gasteiger partial charge in [-0.3, -0.25) is 4.79 Å². The van der Waals surface area contributed by atoms with Gasteiger partial charge in [-0.15, -0.1) is 0 Å². The van der Waals surface area contributed by atoms with Gasteiger partial charge >= 0.3 is 0 Å². The Balaban J connectivity index is 1.87. The van der Waals surface area contributed by atoms with E-state index in [0.717, 1.165) is 5.76 Å². The summed E-state index contributed by atoms with van der Waals surface area (Å²) >= 11 is 6.11. The van der Waals surface area contributed by atoms with Gasteiger partial charge in [-0.25, -0.2) is 0 Å². The third kappa shape index (κ3) is 2.45. The van der Waals surface area contributed by atoms with Crippen molar-refractivity contribution in [3.63, 3.8) is 0 Å². The zero-order valence-corrected chi connectivity index (χ0v) is 12.4. The molecule has 0 bridgehead atoms. The minimum Gasteiger partial charge on any atom is -0.467 e. The maximum atomic E-state index is 12.6. The average Bonchev–Trinajstić information content (AvgIpc) is 3.15. The second kappa shape index (κ2) is 5.33. The van der Waals surface area contributed by atoms with Crippen LogP contribution in [0.3, 0.4) is 0 Å². The summed E-state index contributed by atoms with van der Waals surface area (Å²) in [5.74, 6) is 1.52. The molecule has 1 amide bonds. The number of benzene rings is 1. The maximum absolute atomic E-state index is 12.6. The van der Waals surface area contributed by atoms with E-state index in [2.05, 4.69) is 0 Å². The molecule has 2 heterocycles. The van der Waals surface area contributed by atoms with Crippen molar-refractivity contribution in [3.05, 3.63) is 46.9 Å². The molecule has 0 N–H and O–H groups in total. The fraction of sp³-hybridized carbons (Fsp3) is 0.267. The van der Waals surface area contributed by atoms with Crippen molar-refractivity contribution in [1.82, 2.24) is 4.90 Å². The Labute approximate surface area is 127 Å². The van der Waals surface area contributed by atoms with Crippen LogP contribution in [0, 0.1) is 0 Å². The molecular weight excluding hydrogens is 294 g/mol. The van der Waals surface area contributed by atoms with Crippen LogP contribution in [0.5, 0.6) is 11.5 Å². The van der Waals surface area contributed by atoms with Crippen LogP contribution in [-0.2, 0) is 0 Å². The van der Waals surface area contributed by atoms with E-state index in [-0.39, 0.29) is 18.7 Å². The quantitative estimate of drug-likeness (QED) is 0.871. The van der Waals surface area contributed by atoms with Crippen LogP contribution in [0.2, 0.25) is 5.02 Å². The van der Waals surface area contributed by atoms with Crippen LogP contribution < -0.4 is 9.47 Å². The van der Waals surface area contributed by atoms with E-state index < -0.39 is 0 Å². The SMILES string of the molecule is CC(c1ccco1)N(C)C(=O)c1cc(Cl)c2c(c1)OCO2. The van der Waals surface area contributed by atoms with E-state index in [1.54, 1.807) is 36.4 Å². The minimum atomic E-state index is -0.184. The molecule has 1 aromatic carbocycles. The molecule has 6 heteroatoms. The number of furan rings is 1. The van der Waals surface area contributed by atoms with Crippen LogP contribution in [0.1, 0.15) is 29.1 Å². The lowest BCUT2D eigenvalue weighted by Crippen LogP contribution is -2.29. The average molecular weight is 308 g/mol. The number of amides is 1. The normalized spacial score (nSPS) is 14.0. The molecule has 1 unspecified atom stereocenters. The van der Waals surface area contributed by atoms with E-state index in [1.807, 2.05) is 13.0 Å². The zero-order chi connectivity index (χ0) is 15.0. The summed E-state index contributed by atoms with van der Waals surface area (Å²) in [7, 11) is 1.72. The third-order valence-electron chi connectivity index (χ3n) is 3.53. The second-order valence-electron chi connectivity index (χ2n) is 4.80. The molecule has 0 saturated heterocycles. The maximum Gasteiger partial charge on any atom is 0.254 e. The smallest absolute Gasteiger partial charge is 0.254 e. The lowest BCUT2D eigenvalue weighted by atomic mass is 10.1. The van der Waals surface area contributed by atoms with Crippen LogP contribution in [0.15, 0.2) is 34.9 Å². The number of hydrogen-bond acceptors (Lipinski definition) is 4. The Bertz CT molecular complexity index is 669. The molecular formula is C15H14ClNO4. The van der Waals surface area contributed by atoms with Crippen molar-refractivity contribution < 1.29 is 18.7 Å². The summed E-state index contributed by atoms with van der Waals surface area (Å²) in [6, 6.07) is 6.67. The largest absolute Gasteiger partial charge is 0.467 e. The topological polar surface area (TPSA) is 51.9 Å². The Hall–Kier alpha value is -2.14. The number of halogens is 1. The van der Waals surface area contributed by atoms with Gasteiger partial charge in [0.15, 0.2) is 11.5 Å². The summed E-state index contributed by atoms with van der Waals surface area (Å²) in [6.07, 6.45) is 1.58. The Morgan fingerprint density at radius 3 is 2.90 bits per heavy atom. The van der Waals surface area contributed by atoms with E-state index >= 15 is 0 Å². The Morgan fingerprint density at radius 2 is 2.19 bits per heavy atom. The molecule has 110 valence electrons. The van der Waals surface area contributed by atoms with Gasteiger partial charge in [0.25, 0.3) is 5.91 Å². The van der Waals surface area contributed by atoms with E-state index in [9.17, 15) is 4.79 Å². The van der Waals surface area contributed by atoms with Gasteiger partial charge in [0.1, 0.15) is 5.76 Å². The summed E-state index contributed by atoms with van der Waals surface area (Å²) in [4.78, 5) is 14.2. The molecule has 2 aromatic rings. The van der Waals surface area contributed by atoms with Crippen molar-refractivity contribution in [1.29, 1.82) is 0 Å². The molecule has 1 atom stereocenters. The number of hydrogen-bond donors (Lipinski definition) is 0. The van der Waals surface area contributed by atoms with Crippen molar-refractivity contribution in [3.8, 4) is 11.5 Å². The fourth-order valence-electron chi connectivity index (χ4n) is 2.19. The van der Waals surface area contributed by atoms with E-state index in [0.29, 0.717) is 22.1 Å². The number of carbonyl (C=O) groups excluding carboxylic acids is 1. The summed E-state index contributed by atoms with van der Waals surface area (Å²) in [5.41, 5.74) is 0.449. The second-order valence-corrected chi connectivity index (χ2v) is 5.21. The first-order valence-electron chi connectivity index (χ1n) is 6.47. The number of ether oxygens (including phenoxy) is 2. The number of fused-ring (bicyclic) bond motifs is 1. The molecule has 0 aliphatic carbocycles. The van der Waals surface area contributed by atoms with Crippen molar-refractivity contribution in [2.45, 2.75) is 13.0 Å². The van der Waals surface area contributed by atoms with Crippen LogP contribution in [0.4, 0.5) is 0 Å². The Morgan fingerprint density at radius 1 is 1.38 bits per heavy atom. The van der Waals surface area contributed by atoms with Crippen molar-refractivity contribution in [2.75, 3.05) is 13.8 Å². The summed E-state index contributed by atoms with van der Waals surface area (Å²) in [6.45, 7) is 2.01. The van der Waals surface area contributed by atoms with Gasteiger partial charge in [-0.2, -0.15) is 0 Å². The molecule has 0 radical (unpaired) electrons. The van der Waals surface area contributed by atoms with Gasteiger partial charge in [0, 0.05) is 12.6 Å². The van der Waals surface area contributed by atoms with Gasteiger partial charge < -0.3 is 18.8 Å². The van der Waals surface area contributed by atoms with Crippen LogP contribution in [0.25, 0.3) is 0 Å². The first-order chi connectivity index (χ1) is 10.1. The number of rotatable bonds is 3. The highest BCUT2D eigenvalue weighted by atomic mass is 35.5. The highest BCUT2D eigenvalue weighted by molar-refractivity contribution is 6.32. The molecule has 21 heavy (non-hydrogen) atoms. The molecule has 5 nitrogen and oxygen atoms in total. The van der Waals surface area contributed by atoms with E-state index in [1.165, 1.54) is 0 Å². The standard InChI is InChI=1S/C15H14ClNO4/c1-9(12-4-3-5-19-12)17(2)15(18)10-6-11(16)14-13(7-10)20-8-21-14/h3-7,9H,8H2,1-2H3. The first-order valence-corrected chi connectivity index (χ1v) is 6.85. The lowest BCUT2D eigenvalue weighted by Gasteiger charge is -2.23. The predicted molar refractivity (Wildman–Crippen MR) is 76.8 cm³/mol. The monoisotopic (exact) mass is 307 g/mol. The van der Waals surface area contributed by atoms with Crippen molar-refractivity contribution in [2.24, 2.45) is 0 Å². The van der Waals surface area contributed by atoms with Crippen molar-refractivity contribution >= 4 is 17.5 Å². The minimum absolute atomic E-state index is 0.116. The number of carbonyl (C=O) groups is 1. The zero-order valence-electron chi connectivity index (χ0n) is 11.6. The molecule has 1 aromatic heterocycles. The van der Waals surface area contributed by atoms with Gasteiger partial charge in [-0.05, 0) is 31.2 Å². The fourth-order valence-corrected chi connectivity index (χ4v) is 2.46. The van der Waals surface area contributed by atoms with Gasteiger partial charge in [0.05, 0.1) is 17.3 Å². The van der Waals surface area contributed by atoms with E-state index in [4.69, 9.17) is 25.5 Å². The highest BCUT2D eigenvalue weighted by Crippen LogP contribution is 2.40. The molecule has 0 fully saturated rings. The molecule has 0 saturated carbocycles. The number of nitrogens with zero attached hydrogens (tertiary/aromatic N) is 1. The first kappa shape index (κ1) is 13.8. The Kier molecular flexibility index (Phi) is 3.51. The molecule has 1 aliphatic rings. The third-order valence-corrected chi connectivity index (χ3v) is 3.81. The molecule has 3 rings (SSSR count).